The van der Waals surface area contributed by atoms with E-state index in [4.69, 9.17) is 26.4 Å². The van der Waals surface area contributed by atoms with E-state index in [1.165, 1.54) is 25.3 Å². The highest BCUT2D eigenvalue weighted by Gasteiger charge is 2.22. The van der Waals surface area contributed by atoms with E-state index >= 15 is 0 Å². The number of rotatable bonds is 7. The molecule has 0 bridgehead atoms. The number of carbonyl (C=O) groups is 1. The van der Waals surface area contributed by atoms with E-state index in [0.717, 1.165) is 5.56 Å². The van der Waals surface area contributed by atoms with Crippen molar-refractivity contribution in [3.05, 3.63) is 47.5 Å². The minimum absolute atomic E-state index is 0.112. The molecule has 10 nitrogen and oxygen atoms in total. The number of ether oxygens (including phenoxy) is 3. The molecule has 2 aromatic carbocycles. The monoisotopic (exact) mass is 480 g/mol. The Kier molecular flexibility index (Phi) is 7.38. The highest BCUT2D eigenvalue weighted by molar-refractivity contribution is 7.89. The third-order valence-electron chi connectivity index (χ3n) is 4.29. The first-order valence-corrected chi connectivity index (χ1v) is 11.5. The largest absolute Gasteiger partial charge is 0.495 e. The van der Waals surface area contributed by atoms with Gasteiger partial charge in [-0.25, -0.2) is 13.1 Å². The van der Waals surface area contributed by atoms with Gasteiger partial charge in [-0.3, -0.25) is 15.6 Å². The summed E-state index contributed by atoms with van der Waals surface area (Å²) < 4.78 is 43.3. The zero-order valence-electron chi connectivity index (χ0n) is 17.7. The number of sulfonamides is 1. The van der Waals surface area contributed by atoms with Gasteiger partial charge in [-0.1, -0.05) is 6.07 Å². The molecule has 0 aromatic heterocycles. The molecule has 2 aromatic rings. The average Bonchev–Trinajstić information content (AvgIpc) is 3.22. The lowest BCUT2D eigenvalue weighted by Crippen LogP contribution is -2.46. The molecule has 32 heavy (non-hydrogen) atoms. The van der Waals surface area contributed by atoms with Gasteiger partial charge in [-0.2, -0.15) is 0 Å². The normalized spacial score (nSPS) is 12.4. The Morgan fingerprint density at radius 2 is 1.88 bits per heavy atom. The number of nitrogens with one attached hydrogen (secondary N) is 4. The molecule has 1 aliphatic heterocycles. The Morgan fingerprint density at radius 1 is 1.12 bits per heavy atom. The van der Waals surface area contributed by atoms with Gasteiger partial charge in [-0.15, -0.1) is 0 Å². The summed E-state index contributed by atoms with van der Waals surface area (Å²) in [5.41, 5.74) is 6.05. The number of thiocarbonyl (C=S) groups is 1. The molecule has 0 aliphatic carbocycles. The highest BCUT2D eigenvalue weighted by Crippen LogP contribution is 2.32. The smallest absolute Gasteiger partial charge is 0.269 e. The first-order chi connectivity index (χ1) is 15.2. The second kappa shape index (κ2) is 10.0. The highest BCUT2D eigenvalue weighted by atomic mass is 32.2. The molecule has 0 atom stereocenters. The Morgan fingerprint density at radius 3 is 2.59 bits per heavy atom. The van der Waals surface area contributed by atoms with Crippen LogP contribution in [0.5, 0.6) is 17.2 Å². The van der Waals surface area contributed by atoms with Crippen molar-refractivity contribution >= 4 is 33.3 Å². The number of hydrogen-bond acceptors (Lipinski definition) is 7. The van der Waals surface area contributed by atoms with E-state index in [1.54, 1.807) is 19.9 Å². The van der Waals surface area contributed by atoms with E-state index in [-0.39, 0.29) is 34.2 Å². The summed E-state index contributed by atoms with van der Waals surface area (Å²) in [6.07, 6.45) is 0. The SMILES string of the molecule is COc1ccc(C(=O)NNC(=S)NCc2ccc3c(c2)OCO3)cc1S(=O)(=O)NC(C)C. The van der Waals surface area contributed by atoms with Gasteiger partial charge in [0.1, 0.15) is 10.6 Å². The predicted octanol–water partition coefficient (Wildman–Crippen LogP) is 1.42. The van der Waals surface area contributed by atoms with Crippen LogP contribution in [-0.4, -0.2) is 39.4 Å². The Balaban J connectivity index is 1.59. The van der Waals surface area contributed by atoms with Crippen LogP contribution < -0.4 is 35.1 Å². The topological polar surface area (TPSA) is 127 Å². The second-order valence-electron chi connectivity index (χ2n) is 7.09. The van der Waals surface area contributed by atoms with Crippen molar-refractivity contribution in [1.29, 1.82) is 0 Å². The molecule has 172 valence electrons. The molecule has 0 saturated carbocycles. The fourth-order valence-corrected chi connectivity index (χ4v) is 4.43. The molecule has 1 amide bonds. The Hall–Kier alpha value is -3.09. The number of benzene rings is 2. The van der Waals surface area contributed by atoms with Gasteiger partial charge in [0.15, 0.2) is 16.6 Å². The van der Waals surface area contributed by atoms with Crippen LogP contribution in [0.3, 0.4) is 0 Å². The molecule has 3 rings (SSSR count). The van der Waals surface area contributed by atoms with E-state index < -0.39 is 15.9 Å². The van der Waals surface area contributed by atoms with E-state index in [9.17, 15) is 13.2 Å². The fourth-order valence-electron chi connectivity index (χ4n) is 2.86. The van der Waals surface area contributed by atoms with Crippen LogP contribution in [0.15, 0.2) is 41.3 Å². The van der Waals surface area contributed by atoms with Crippen LogP contribution in [0.1, 0.15) is 29.8 Å². The zero-order valence-corrected chi connectivity index (χ0v) is 19.4. The van der Waals surface area contributed by atoms with Gasteiger partial charge in [0, 0.05) is 18.2 Å². The third-order valence-corrected chi connectivity index (χ3v) is 6.21. The van der Waals surface area contributed by atoms with Crippen LogP contribution in [0.2, 0.25) is 0 Å². The van der Waals surface area contributed by atoms with Crippen molar-refractivity contribution in [3.8, 4) is 17.2 Å². The molecule has 0 spiro atoms. The summed E-state index contributed by atoms with van der Waals surface area (Å²) in [5.74, 6) is 0.907. The van der Waals surface area contributed by atoms with Gasteiger partial charge in [0.25, 0.3) is 5.91 Å². The van der Waals surface area contributed by atoms with Crippen LogP contribution in [-0.2, 0) is 16.6 Å². The predicted molar refractivity (Wildman–Crippen MR) is 121 cm³/mol. The van der Waals surface area contributed by atoms with Gasteiger partial charge in [-0.05, 0) is 62.0 Å². The van der Waals surface area contributed by atoms with E-state index in [1.807, 2.05) is 12.1 Å². The van der Waals surface area contributed by atoms with E-state index in [2.05, 4.69) is 20.9 Å². The van der Waals surface area contributed by atoms with Crippen molar-refractivity contribution in [1.82, 2.24) is 20.9 Å². The van der Waals surface area contributed by atoms with Crippen LogP contribution in [0.4, 0.5) is 0 Å². The molecule has 0 fully saturated rings. The molecular weight excluding hydrogens is 456 g/mol. The number of fused-ring (bicyclic) bond motifs is 1. The molecule has 1 heterocycles. The quantitative estimate of drug-likeness (QED) is 0.344. The lowest BCUT2D eigenvalue weighted by molar-refractivity contribution is 0.0943. The minimum atomic E-state index is -3.87. The number of hydrazine groups is 1. The van der Waals surface area contributed by atoms with Crippen molar-refractivity contribution in [3.63, 3.8) is 0 Å². The van der Waals surface area contributed by atoms with Crippen LogP contribution in [0.25, 0.3) is 0 Å². The Bertz CT molecular complexity index is 1120. The number of carbonyl (C=O) groups excluding carboxylic acids is 1. The first-order valence-electron chi connectivity index (χ1n) is 9.62. The summed E-state index contributed by atoms with van der Waals surface area (Å²) in [7, 11) is -2.51. The zero-order chi connectivity index (χ0) is 23.3. The molecule has 1 aliphatic rings. The maximum Gasteiger partial charge on any atom is 0.269 e. The number of methoxy groups -OCH3 is 1. The van der Waals surface area contributed by atoms with Crippen molar-refractivity contribution in [2.45, 2.75) is 31.3 Å². The summed E-state index contributed by atoms with van der Waals surface area (Å²) in [5, 5.41) is 3.14. The third kappa shape index (κ3) is 5.78. The van der Waals surface area contributed by atoms with Gasteiger partial charge in [0.05, 0.1) is 7.11 Å². The van der Waals surface area contributed by atoms with E-state index in [0.29, 0.717) is 18.0 Å². The molecule has 0 unspecified atom stereocenters. The number of hydrogen-bond donors (Lipinski definition) is 4. The summed E-state index contributed by atoms with van der Waals surface area (Å²) >= 11 is 5.17. The standard InChI is InChI=1S/C20H24N4O6S2/c1-12(2)24-32(26,27)18-9-14(5-7-16(18)28-3)19(25)22-23-20(31)21-10-13-4-6-15-17(8-13)30-11-29-15/h4-9,12,24H,10-11H2,1-3H3,(H,22,25)(H2,21,23,31). The lowest BCUT2D eigenvalue weighted by Gasteiger charge is -2.15. The van der Waals surface area contributed by atoms with Gasteiger partial charge >= 0.3 is 0 Å². The second-order valence-corrected chi connectivity index (χ2v) is 9.18. The molecule has 0 radical (unpaired) electrons. The lowest BCUT2D eigenvalue weighted by atomic mass is 10.2. The summed E-state index contributed by atoms with van der Waals surface area (Å²) in [4.78, 5) is 12.4. The van der Waals surface area contributed by atoms with Gasteiger partial charge < -0.3 is 19.5 Å². The minimum Gasteiger partial charge on any atom is -0.495 e. The maximum atomic E-state index is 12.6. The Labute approximate surface area is 191 Å². The van der Waals surface area contributed by atoms with Gasteiger partial charge in [0.2, 0.25) is 16.8 Å². The van der Waals surface area contributed by atoms with Crippen LogP contribution >= 0.6 is 12.2 Å². The first kappa shape index (κ1) is 23.6. The fraction of sp³-hybridized carbons (Fsp3) is 0.300. The summed E-state index contributed by atoms with van der Waals surface area (Å²) in [6.45, 7) is 3.98. The summed E-state index contributed by atoms with van der Waals surface area (Å²) in [6, 6.07) is 9.29. The molecular formula is C20H24N4O6S2. The molecule has 4 N–H and O–H groups in total. The molecule has 12 heteroatoms. The van der Waals surface area contributed by atoms with Crippen molar-refractivity contribution in [2.24, 2.45) is 0 Å². The van der Waals surface area contributed by atoms with Crippen molar-refractivity contribution < 1.29 is 27.4 Å². The molecule has 0 saturated heterocycles. The van der Waals surface area contributed by atoms with Crippen molar-refractivity contribution in [2.75, 3.05) is 13.9 Å². The number of amides is 1. The van der Waals surface area contributed by atoms with Crippen LogP contribution in [0, 0.1) is 0 Å². The maximum absolute atomic E-state index is 12.6. The average molecular weight is 481 g/mol.